The first-order valence-corrected chi connectivity index (χ1v) is 6.99. The summed E-state index contributed by atoms with van der Waals surface area (Å²) in [5.74, 6) is 0.245. The zero-order valence-electron chi connectivity index (χ0n) is 10.5. The number of nitrogens with one attached hydrogen (secondary N) is 1. The van der Waals surface area contributed by atoms with Crippen molar-refractivity contribution < 1.29 is 14.3 Å². The quantitative estimate of drug-likeness (QED) is 0.640. The van der Waals surface area contributed by atoms with Gasteiger partial charge in [-0.1, -0.05) is 12.1 Å². The Labute approximate surface area is 130 Å². The first-order valence-electron chi connectivity index (χ1n) is 5.91. The molecular weight excluding hydrogens is 369 g/mol. The Hall–Kier alpha value is -1.89. The third kappa shape index (κ3) is 4.34. The molecule has 1 amide bonds. The largest absolute Gasteiger partial charge is 0.484 e. The molecule has 2 aromatic carbocycles. The Bertz CT molecular complexity index is 611. The van der Waals surface area contributed by atoms with E-state index in [1.807, 2.05) is 24.3 Å². The number of aldehydes is 1. The first-order chi connectivity index (χ1) is 9.67. The van der Waals surface area contributed by atoms with Crippen LogP contribution in [0, 0.1) is 3.57 Å². The molecule has 0 fully saturated rings. The van der Waals surface area contributed by atoms with E-state index in [1.165, 1.54) is 0 Å². The standard InChI is InChI=1S/C15H12INO3/c16-12-4-6-13(7-5-12)17-15(19)10-20-14-3-1-2-11(8-14)9-18/h1-9H,10H2,(H,17,19). The lowest BCUT2D eigenvalue weighted by Gasteiger charge is -2.07. The molecule has 1 N–H and O–H groups in total. The Kier molecular flexibility index (Phi) is 5.11. The van der Waals surface area contributed by atoms with E-state index < -0.39 is 0 Å². The molecule has 0 radical (unpaired) electrons. The number of ether oxygens (including phenoxy) is 1. The van der Waals surface area contributed by atoms with Crippen molar-refractivity contribution in [3.8, 4) is 5.75 Å². The molecule has 0 unspecified atom stereocenters. The maximum Gasteiger partial charge on any atom is 0.262 e. The molecular formula is C15H12INO3. The average molecular weight is 381 g/mol. The van der Waals surface area contributed by atoms with Crippen molar-refractivity contribution in [3.63, 3.8) is 0 Å². The van der Waals surface area contributed by atoms with Crippen LogP contribution in [0.2, 0.25) is 0 Å². The van der Waals surface area contributed by atoms with Gasteiger partial charge in [-0.15, -0.1) is 0 Å². The third-order valence-corrected chi connectivity index (χ3v) is 3.21. The Morgan fingerprint density at radius 3 is 2.65 bits per heavy atom. The number of rotatable bonds is 5. The molecule has 20 heavy (non-hydrogen) atoms. The summed E-state index contributed by atoms with van der Waals surface area (Å²) in [6.45, 7) is -0.103. The number of hydrogen-bond acceptors (Lipinski definition) is 3. The van der Waals surface area contributed by atoms with Crippen molar-refractivity contribution in [1.29, 1.82) is 0 Å². The third-order valence-electron chi connectivity index (χ3n) is 2.49. The summed E-state index contributed by atoms with van der Waals surface area (Å²) in [5, 5.41) is 2.73. The van der Waals surface area contributed by atoms with Gasteiger partial charge in [0.1, 0.15) is 12.0 Å². The molecule has 0 bridgehead atoms. The van der Waals surface area contributed by atoms with E-state index in [-0.39, 0.29) is 12.5 Å². The fourth-order valence-electron chi connectivity index (χ4n) is 1.56. The van der Waals surface area contributed by atoms with E-state index in [0.29, 0.717) is 11.3 Å². The highest BCUT2D eigenvalue weighted by atomic mass is 127. The van der Waals surface area contributed by atoms with Crippen LogP contribution in [0.5, 0.6) is 5.75 Å². The zero-order chi connectivity index (χ0) is 14.4. The molecule has 4 nitrogen and oxygen atoms in total. The molecule has 2 rings (SSSR count). The highest BCUT2D eigenvalue weighted by Gasteiger charge is 2.04. The van der Waals surface area contributed by atoms with Gasteiger partial charge in [0.2, 0.25) is 0 Å². The van der Waals surface area contributed by atoms with Gasteiger partial charge < -0.3 is 10.1 Å². The van der Waals surface area contributed by atoms with Crippen LogP contribution in [-0.4, -0.2) is 18.8 Å². The fraction of sp³-hybridized carbons (Fsp3) is 0.0667. The van der Waals surface area contributed by atoms with Crippen LogP contribution in [0.4, 0.5) is 5.69 Å². The molecule has 0 aromatic heterocycles. The number of hydrogen-bond donors (Lipinski definition) is 1. The molecule has 102 valence electrons. The Morgan fingerprint density at radius 2 is 1.95 bits per heavy atom. The van der Waals surface area contributed by atoms with E-state index in [0.717, 1.165) is 15.5 Å². The minimum atomic E-state index is -0.247. The molecule has 0 saturated heterocycles. The molecule has 0 saturated carbocycles. The average Bonchev–Trinajstić information content (AvgIpc) is 2.48. The van der Waals surface area contributed by atoms with Crippen LogP contribution in [-0.2, 0) is 4.79 Å². The second-order valence-electron chi connectivity index (χ2n) is 4.03. The number of amides is 1. The van der Waals surface area contributed by atoms with Crippen molar-refractivity contribution >= 4 is 40.5 Å². The summed E-state index contributed by atoms with van der Waals surface area (Å²) in [6, 6.07) is 14.1. The van der Waals surface area contributed by atoms with Crippen molar-refractivity contribution in [2.45, 2.75) is 0 Å². The van der Waals surface area contributed by atoms with Crippen LogP contribution >= 0.6 is 22.6 Å². The van der Waals surface area contributed by atoms with Crippen LogP contribution < -0.4 is 10.1 Å². The van der Waals surface area contributed by atoms with Gasteiger partial charge in [-0.05, 0) is 59.0 Å². The highest BCUT2D eigenvalue weighted by molar-refractivity contribution is 14.1. The lowest BCUT2D eigenvalue weighted by atomic mass is 10.2. The minimum Gasteiger partial charge on any atom is -0.484 e. The van der Waals surface area contributed by atoms with Gasteiger partial charge >= 0.3 is 0 Å². The van der Waals surface area contributed by atoms with Crippen LogP contribution in [0.3, 0.4) is 0 Å². The number of carbonyl (C=O) groups is 2. The molecule has 0 spiro atoms. The predicted molar refractivity (Wildman–Crippen MR) is 85.1 cm³/mol. The SMILES string of the molecule is O=Cc1cccc(OCC(=O)Nc2ccc(I)cc2)c1. The van der Waals surface area contributed by atoms with E-state index in [9.17, 15) is 9.59 Å². The monoisotopic (exact) mass is 381 g/mol. The van der Waals surface area contributed by atoms with Crippen molar-refractivity contribution in [2.24, 2.45) is 0 Å². The molecule has 0 aliphatic rings. The summed E-state index contributed by atoms with van der Waals surface area (Å²) in [4.78, 5) is 22.3. The maximum atomic E-state index is 11.7. The summed E-state index contributed by atoms with van der Waals surface area (Å²) in [5.41, 5.74) is 1.24. The van der Waals surface area contributed by atoms with Crippen molar-refractivity contribution in [2.75, 3.05) is 11.9 Å². The second-order valence-corrected chi connectivity index (χ2v) is 5.28. The van der Waals surface area contributed by atoms with Crippen molar-refractivity contribution in [3.05, 3.63) is 57.7 Å². The van der Waals surface area contributed by atoms with E-state index >= 15 is 0 Å². The Morgan fingerprint density at radius 1 is 1.20 bits per heavy atom. The minimum absolute atomic E-state index is 0.103. The number of anilines is 1. The Balaban J connectivity index is 1.88. The summed E-state index contributed by atoms with van der Waals surface area (Å²) in [6.07, 6.45) is 0.735. The smallest absolute Gasteiger partial charge is 0.262 e. The van der Waals surface area contributed by atoms with Gasteiger partial charge in [0, 0.05) is 14.8 Å². The van der Waals surface area contributed by atoms with Gasteiger partial charge in [-0.2, -0.15) is 0 Å². The molecule has 0 heterocycles. The first kappa shape index (κ1) is 14.5. The number of carbonyl (C=O) groups excluding carboxylic acids is 2. The zero-order valence-corrected chi connectivity index (χ0v) is 12.7. The normalized spacial score (nSPS) is 9.85. The number of halogens is 1. The van der Waals surface area contributed by atoms with Gasteiger partial charge in [0.15, 0.2) is 6.61 Å². The molecule has 5 heteroatoms. The van der Waals surface area contributed by atoms with Crippen LogP contribution in [0.25, 0.3) is 0 Å². The molecule has 0 aliphatic heterocycles. The molecule has 2 aromatic rings. The van der Waals surface area contributed by atoms with E-state index in [2.05, 4.69) is 27.9 Å². The lowest BCUT2D eigenvalue weighted by molar-refractivity contribution is -0.118. The second kappa shape index (κ2) is 7.04. The van der Waals surface area contributed by atoms with E-state index in [1.54, 1.807) is 24.3 Å². The summed E-state index contributed by atoms with van der Waals surface area (Å²) >= 11 is 2.20. The van der Waals surface area contributed by atoms with Gasteiger partial charge in [0.25, 0.3) is 5.91 Å². The maximum absolute atomic E-state index is 11.7. The van der Waals surface area contributed by atoms with Gasteiger partial charge in [0.05, 0.1) is 0 Å². The van der Waals surface area contributed by atoms with E-state index in [4.69, 9.17) is 4.74 Å². The topological polar surface area (TPSA) is 55.4 Å². The van der Waals surface area contributed by atoms with Crippen LogP contribution in [0.1, 0.15) is 10.4 Å². The van der Waals surface area contributed by atoms with Gasteiger partial charge in [-0.3, -0.25) is 9.59 Å². The van der Waals surface area contributed by atoms with Crippen LogP contribution in [0.15, 0.2) is 48.5 Å². The lowest BCUT2D eigenvalue weighted by Crippen LogP contribution is -2.20. The molecule has 0 atom stereocenters. The molecule has 0 aliphatic carbocycles. The predicted octanol–water partition coefficient (Wildman–Crippen LogP) is 3.12. The fourth-order valence-corrected chi connectivity index (χ4v) is 1.92. The summed E-state index contributed by atoms with van der Waals surface area (Å²) in [7, 11) is 0. The number of benzene rings is 2. The van der Waals surface area contributed by atoms with Crippen molar-refractivity contribution in [1.82, 2.24) is 0 Å². The highest BCUT2D eigenvalue weighted by Crippen LogP contribution is 2.13. The van der Waals surface area contributed by atoms with Gasteiger partial charge in [-0.25, -0.2) is 0 Å². The summed E-state index contributed by atoms with van der Waals surface area (Å²) < 4.78 is 6.43.